The van der Waals surface area contributed by atoms with Gasteiger partial charge in [0, 0.05) is 23.4 Å². The molecule has 2 heterocycles. The van der Waals surface area contributed by atoms with Crippen molar-refractivity contribution in [2.75, 3.05) is 26.0 Å². The summed E-state index contributed by atoms with van der Waals surface area (Å²) in [4.78, 5) is 14.5. The Bertz CT molecular complexity index is 647. The molecule has 1 atom stereocenters. The number of nitrogens with two attached hydrogens (primary N) is 1. The second kappa shape index (κ2) is 4.14. The molecule has 1 fully saturated rings. The van der Waals surface area contributed by atoms with E-state index in [4.69, 9.17) is 5.84 Å². The Morgan fingerprint density at radius 2 is 2.11 bits per heavy atom. The van der Waals surface area contributed by atoms with Crippen molar-refractivity contribution in [3.05, 3.63) is 46.2 Å². The van der Waals surface area contributed by atoms with E-state index in [1.165, 1.54) is 4.68 Å². The first-order chi connectivity index (χ1) is 8.66. The molecule has 2 N–H and O–H groups in total. The molecule has 0 amide bonds. The number of benzene rings is 1. The molecule has 18 heavy (non-hydrogen) atoms. The van der Waals surface area contributed by atoms with Crippen molar-refractivity contribution in [2.45, 2.75) is 12.3 Å². The second-order valence-corrected chi connectivity index (χ2v) is 5.08. The molecule has 4 nitrogen and oxygen atoms in total. The summed E-state index contributed by atoms with van der Waals surface area (Å²) >= 11 is 0. The third kappa shape index (κ3) is 1.69. The topological polar surface area (TPSA) is 51.3 Å². The van der Waals surface area contributed by atoms with Crippen LogP contribution in [0, 0.1) is 0 Å². The van der Waals surface area contributed by atoms with Gasteiger partial charge in [-0.3, -0.25) is 4.79 Å². The van der Waals surface area contributed by atoms with Crippen LogP contribution in [0.2, 0.25) is 0 Å². The van der Waals surface area contributed by atoms with Crippen molar-refractivity contribution >= 4 is 10.9 Å². The molecule has 1 saturated heterocycles. The summed E-state index contributed by atoms with van der Waals surface area (Å²) in [6.07, 6.45) is 1.03. The van der Waals surface area contributed by atoms with E-state index in [1.54, 1.807) is 0 Å². The number of pyridine rings is 1. The van der Waals surface area contributed by atoms with Gasteiger partial charge >= 0.3 is 0 Å². The van der Waals surface area contributed by atoms with E-state index in [2.05, 4.69) is 11.9 Å². The first-order valence-corrected chi connectivity index (χ1v) is 6.25. The Hall–Kier alpha value is -1.81. The van der Waals surface area contributed by atoms with Gasteiger partial charge in [0.25, 0.3) is 5.56 Å². The van der Waals surface area contributed by atoms with Crippen molar-refractivity contribution in [3.8, 4) is 0 Å². The number of likely N-dealkylation sites (N-methyl/N-ethyl adjacent to an activating group) is 1. The molecule has 94 valence electrons. The van der Waals surface area contributed by atoms with E-state index in [0.29, 0.717) is 5.92 Å². The molecule has 3 rings (SSSR count). The van der Waals surface area contributed by atoms with Crippen molar-refractivity contribution in [2.24, 2.45) is 0 Å². The number of hydrogen-bond acceptors (Lipinski definition) is 3. The molecule has 0 spiro atoms. The smallest absolute Gasteiger partial charge is 0.272 e. The summed E-state index contributed by atoms with van der Waals surface area (Å²) < 4.78 is 1.28. The van der Waals surface area contributed by atoms with Crippen LogP contribution in [-0.2, 0) is 0 Å². The lowest BCUT2D eigenvalue weighted by Gasteiger charge is -2.13. The molecular formula is C14H17N3O. The lowest BCUT2D eigenvalue weighted by Crippen LogP contribution is -2.31. The number of likely N-dealkylation sites (tertiary alicyclic amines) is 1. The van der Waals surface area contributed by atoms with E-state index in [1.807, 2.05) is 30.3 Å². The SMILES string of the molecule is CN1CCC(c2cc3ccccc3n(N)c2=O)C1. The summed E-state index contributed by atoms with van der Waals surface area (Å²) in [5.41, 5.74) is 1.58. The minimum atomic E-state index is -0.0611. The fourth-order valence-corrected chi connectivity index (χ4v) is 2.79. The molecule has 0 radical (unpaired) electrons. The zero-order valence-electron chi connectivity index (χ0n) is 10.5. The molecule has 4 heteroatoms. The summed E-state index contributed by atoms with van der Waals surface area (Å²) in [5.74, 6) is 6.22. The molecule has 1 aromatic carbocycles. The predicted octanol–water partition coefficient (Wildman–Crippen LogP) is 1.13. The third-order valence-electron chi connectivity index (χ3n) is 3.80. The molecular weight excluding hydrogens is 226 g/mol. The Balaban J connectivity index is 2.18. The molecule has 1 aromatic heterocycles. The fourth-order valence-electron chi connectivity index (χ4n) is 2.79. The summed E-state index contributed by atoms with van der Waals surface area (Å²) in [6.45, 7) is 1.98. The predicted molar refractivity (Wildman–Crippen MR) is 73.2 cm³/mol. The van der Waals surface area contributed by atoms with Crippen molar-refractivity contribution in [1.82, 2.24) is 9.58 Å². The Morgan fingerprint density at radius 3 is 2.83 bits per heavy atom. The average molecular weight is 243 g/mol. The van der Waals surface area contributed by atoms with E-state index in [9.17, 15) is 4.79 Å². The van der Waals surface area contributed by atoms with Gasteiger partial charge in [0.05, 0.1) is 5.52 Å². The average Bonchev–Trinajstić information content (AvgIpc) is 2.80. The van der Waals surface area contributed by atoms with Gasteiger partial charge in [-0.25, -0.2) is 4.68 Å². The number of rotatable bonds is 1. The molecule has 1 unspecified atom stereocenters. The lowest BCUT2D eigenvalue weighted by molar-refractivity contribution is 0.411. The number of para-hydroxylation sites is 1. The number of hydrogen-bond donors (Lipinski definition) is 1. The van der Waals surface area contributed by atoms with Crippen molar-refractivity contribution < 1.29 is 0 Å². The van der Waals surface area contributed by atoms with Crippen molar-refractivity contribution in [3.63, 3.8) is 0 Å². The normalized spacial score (nSPS) is 20.6. The molecule has 2 aromatic rings. The number of fused-ring (bicyclic) bond motifs is 1. The standard InChI is InChI=1S/C14H17N3O/c1-16-7-6-11(9-16)12-8-10-4-2-3-5-13(10)17(15)14(12)18/h2-5,8,11H,6-7,9,15H2,1H3. The number of aromatic nitrogens is 1. The fraction of sp³-hybridized carbons (Fsp3) is 0.357. The van der Waals surface area contributed by atoms with E-state index < -0.39 is 0 Å². The van der Waals surface area contributed by atoms with Crippen LogP contribution in [0.15, 0.2) is 35.1 Å². The van der Waals surface area contributed by atoms with Gasteiger partial charge in [0.1, 0.15) is 0 Å². The molecule has 1 aliphatic heterocycles. The first-order valence-electron chi connectivity index (χ1n) is 6.25. The monoisotopic (exact) mass is 243 g/mol. The number of nitrogen functional groups attached to an aromatic ring is 1. The third-order valence-corrected chi connectivity index (χ3v) is 3.80. The Morgan fingerprint density at radius 1 is 1.33 bits per heavy atom. The van der Waals surface area contributed by atoms with Crippen LogP contribution in [0.25, 0.3) is 10.9 Å². The lowest BCUT2D eigenvalue weighted by atomic mass is 9.98. The largest absolute Gasteiger partial charge is 0.336 e. The summed E-state index contributed by atoms with van der Waals surface area (Å²) in [5, 5.41) is 1.03. The van der Waals surface area contributed by atoms with Gasteiger partial charge in [-0.15, -0.1) is 0 Å². The van der Waals surface area contributed by atoms with Gasteiger partial charge < -0.3 is 10.7 Å². The zero-order valence-corrected chi connectivity index (χ0v) is 10.5. The van der Waals surface area contributed by atoms with Crippen LogP contribution >= 0.6 is 0 Å². The van der Waals surface area contributed by atoms with Crippen LogP contribution in [0.5, 0.6) is 0 Å². The number of nitrogens with zero attached hydrogens (tertiary/aromatic N) is 2. The quantitative estimate of drug-likeness (QED) is 0.764. The maximum Gasteiger partial charge on any atom is 0.272 e. The summed E-state index contributed by atoms with van der Waals surface area (Å²) in [6, 6.07) is 9.75. The maximum atomic E-state index is 12.3. The van der Waals surface area contributed by atoms with E-state index in [-0.39, 0.29) is 5.56 Å². The molecule has 1 aliphatic rings. The highest BCUT2D eigenvalue weighted by Crippen LogP contribution is 2.25. The first kappa shape index (κ1) is 11.3. The van der Waals surface area contributed by atoms with Gasteiger partial charge in [0.15, 0.2) is 0 Å². The molecule has 0 bridgehead atoms. The second-order valence-electron chi connectivity index (χ2n) is 5.08. The molecule has 0 saturated carbocycles. The van der Waals surface area contributed by atoms with Crippen LogP contribution in [0.4, 0.5) is 0 Å². The molecule has 0 aliphatic carbocycles. The Labute approximate surface area is 106 Å². The van der Waals surface area contributed by atoms with Crippen LogP contribution in [-0.4, -0.2) is 29.7 Å². The highest BCUT2D eigenvalue weighted by molar-refractivity contribution is 5.79. The van der Waals surface area contributed by atoms with Gasteiger partial charge in [0.2, 0.25) is 0 Å². The Kier molecular flexibility index (Phi) is 2.59. The minimum absolute atomic E-state index is 0.0611. The minimum Gasteiger partial charge on any atom is -0.336 e. The highest BCUT2D eigenvalue weighted by atomic mass is 16.1. The van der Waals surface area contributed by atoms with Gasteiger partial charge in [-0.1, -0.05) is 18.2 Å². The van der Waals surface area contributed by atoms with Gasteiger partial charge in [-0.05, 0) is 32.1 Å². The summed E-state index contributed by atoms with van der Waals surface area (Å²) in [7, 11) is 2.09. The van der Waals surface area contributed by atoms with Crippen LogP contribution in [0.3, 0.4) is 0 Å². The van der Waals surface area contributed by atoms with Crippen LogP contribution < -0.4 is 11.4 Å². The van der Waals surface area contributed by atoms with Gasteiger partial charge in [-0.2, -0.15) is 0 Å². The van der Waals surface area contributed by atoms with Crippen molar-refractivity contribution in [1.29, 1.82) is 0 Å². The van der Waals surface area contributed by atoms with E-state index in [0.717, 1.165) is 36.0 Å². The van der Waals surface area contributed by atoms with E-state index >= 15 is 0 Å². The van der Waals surface area contributed by atoms with Crippen LogP contribution in [0.1, 0.15) is 17.9 Å². The maximum absolute atomic E-state index is 12.3. The highest BCUT2D eigenvalue weighted by Gasteiger charge is 2.24. The zero-order chi connectivity index (χ0) is 12.7.